The summed E-state index contributed by atoms with van der Waals surface area (Å²) in [6, 6.07) is 11.7. The summed E-state index contributed by atoms with van der Waals surface area (Å²) in [4.78, 5) is 34.6. The summed E-state index contributed by atoms with van der Waals surface area (Å²) in [7, 11) is 0. The third-order valence-corrected chi connectivity index (χ3v) is 6.47. The second-order valence-corrected chi connectivity index (χ2v) is 8.84. The number of nitrogens with zero attached hydrogens (tertiary/aromatic N) is 4. The lowest BCUT2D eigenvalue weighted by atomic mass is 10.1. The second-order valence-electron chi connectivity index (χ2n) is 8.84. The smallest absolute Gasteiger partial charge is 0.272 e. The summed E-state index contributed by atoms with van der Waals surface area (Å²) in [5.41, 5.74) is 6.08. The molecular formula is C26H32N4O2. The minimum absolute atomic E-state index is 0.0779. The molecule has 1 aromatic heterocycles. The highest BCUT2D eigenvalue weighted by atomic mass is 16.2. The molecule has 3 aromatic rings. The van der Waals surface area contributed by atoms with Gasteiger partial charge in [-0.3, -0.25) is 14.5 Å². The molecule has 32 heavy (non-hydrogen) atoms. The first kappa shape index (κ1) is 22.2. The highest BCUT2D eigenvalue weighted by Gasteiger charge is 2.21. The molecule has 0 unspecified atom stereocenters. The molecule has 1 amide bonds. The fraction of sp³-hybridized carbons (Fsp3) is 0.423. The third-order valence-electron chi connectivity index (χ3n) is 6.47. The first-order chi connectivity index (χ1) is 15.4. The van der Waals surface area contributed by atoms with E-state index in [1.54, 1.807) is 11.5 Å². The van der Waals surface area contributed by atoms with Gasteiger partial charge in [0.15, 0.2) is 0 Å². The highest BCUT2D eigenvalue weighted by Crippen LogP contribution is 2.18. The van der Waals surface area contributed by atoms with Crippen LogP contribution >= 0.6 is 0 Å². The number of carbonyl (C=O) groups is 1. The second kappa shape index (κ2) is 9.25. The summed E-state index contributed by atoms with van der Waals surface area (Å²) < 4.78 is 1.79. The number of carbonyl (C=O) groups excluding carboxylic acids is 1. The number of benzene rings is 2. The molecule has 6 nitrogen and oxygen atoms in total. The van der Waals surface area contributed by atoms with Gasteiger partial charge in [0.05, 0.1) is 17.6 Å². The van der Waals surface area contributed by atoms with Crippen molar-refractivity contribution in [3.05, 3.63) is 74.7 Å². The molecule has 4 rings (SSSR count). The molecule has 1 aliphatic heterocycles. The molecule has 1 fully saturated rings. The Labute approximate surface area is 189 Å². The first-order valence-electron chi connectivity index (χ1n) is 11.5. The van der Waals surface area contributed by atoms with Crippen molar-refractivity contribution in [1.29, 1.82) is 0 Å². The molecule has 2 aromatic carbocycles. The Balaban J connectivity index is 1.54. The minimum Gasteiger partial charge on any atom is -0.336 e. The number of rotatable bonds is 5. The van der Waals surface area contributed by atoms with Crippen molar-refractivity contribution in [2.45, 2.75) is 40.7 Å². The monoisotopic (exact) mass is 432 g/mol. The summed E-state index contributed by atoms with van der Waals surface area (Å²) >= 11 is 0. The molecule has 6 heteroatoms. The van der Waals surface area contributed by atoms with Crippen molar-refractivity contribution < 1.29 is 4.79 Å². The zero-order valence-corrected chi connectivity index (χ0v) is 19.5. The van der Waals surface area contributed by atoms with Gasteiger partial charge >= 0.3 is 0 Å². The predicted octanol–water partition coefficient (Wildman–Crippen LogP) is 3.54. The van der Waals surface area contributed by atoms with E-state index < -0.39 is 0 Å². The SMILES string of the molecule is CCCN1CCN(C(=O)c2ccc(Cn3c(=O)c(C)nc4cc(C)c(C)cc43)cc2)CC1. The van der Waals surface area contributed by atoms with Crippen LogP contribution in [0, 0.1) is 20.8 Å². The number of aromatic nitrogens is 2. The van der Waals surface area contributed by atoms with Gasteiger partial charge in [-0.2, -0.15) is 0 Å². The zero-order valence-electron chi connectivity index (χ0n) is 19.5. The Morgan fingerprint density at radius 3 is 2.28 bits per heavy atom. The van der Waals surface area contributed by atoms with Crippen molar-refractivity contribution in [2.75, 3.05) is 32.7 Å². The van der Waals surface area contributed by atoms with Crippen LogP contribution in [-0.2, 0) is 6.54 Å². The van der Waals surface area contributed by atoms with E-state index in [0.717, 1.165) is 66.9 Å². The van der Waals surface area contributed by atoms with Crippen molar-refractivity contribution in [3.63, 3.8) is 0 Å². The lowest BCUT2D eigenvalue weighted by molar-refractivity contribution is 0.0637. The van der Waals surface area contributed by atoms with E-state index in [9.17, 15) is 9.59 Å². The van der Waals surface area contributed by atoms with E-state index in [-0.39, 0.29) is 11.5 Å². The maximum atomic E-state index is 12.9. The molecule has 2 heterocycles. The largest absolute Gasteiger partial charge is 0.336 e. The van der Waals surface area contributed by atoms with E-state index in [1.807, 2.05) is 48.2 Å². The molecule has 0 saturated carbocycles. The molecule has 0 aliphatic carbocycles. The van der Waals surface area contributed by atoms with Gasteiger partial charge in [-0.15, -0.1) is 0 Å². The normalized spacial score (nSPS) is 14.8. The first-order valence-corrected chi connectivity index (χ1v) is 11.5. The molecule has 0 radical (unpaired) electrons. The molecular weight excluding hydrogens is 400 g/mol. The molecule has 168 valence electrons. The van der Waals surface area contributed by atoms with Gasteiger partial charge in [-0.1, -0.05) is 19.1 Å². The van der Waals surface area contributed by atoms with Crippen molar-refractivity contribution in [1.82, 2.24) is 19.4 Å². The van der Waals surface area contributed by atoms with Crippen LogP contribution in [0.5, 0.6) is 0 Å². The average molecular weight is 433 g/mol. The van der Waals surface area contributed by atoms with Gasteiger partial charge in [0.2, 0.25) is 0 Å². The minimum atomic E-state index is -0.0779. The van der Waals surface area contributed by atoms with Crippen LogP contribution in [0.3, 0.4) is 0 Å². The van der Waals surface area contributed by atoms with Crippen LogP contribution in [0.1, 0.15) is 46.1 Å². The summed E-state index contributed by atoms with van der Waals surface area (Å²) in [6.45, 7) is 13.0. The zero-order chi connectivity index (χ0) is 22.8. The van der Waals surface area contributed by atoms with Crippen molar-refractivity contribution >= 4 is 16.9 Å². The van der Waals surface area contributed by atoms with Crippen LogP contribution in [0.25, 0.3) is 11.0 Å². The molecule has 1 saturated heterocycles. The van der Waals surface area contributed by atoms with Crippen LogP contribution in [0.15, 0.2) is 41.2 Å². The predicted molar refractivity (Wildman–Crippen MR) is 128 cm³/mol. The molecule has 0 N–H and O–H groups in total. The summed E-state index contributed by atoms with van der Waals surface area (Å²) in [5.74, 6) is 0.0844. The van der Waals surface area contributed by atoms with Crippen LogP contribution in [0.4, 0.5) is 0 Å². The molecule has 0 spiro atoms. The van der Waals surface area contributed by atoms with Crippen molar-refractivity contribution in [2.24, 2.45) is 0 Å². The summed E-state index contributed by atoms with van der Waals surface area (Å²) in [6.07, 6.45) is 1.14. The van der Waals surface area contributed by atoms with Gasteiger partial charge in [-0.05, 0) is 74.7 Å². The Hall–Kier alpha value is -2.99. The average Bonchev–Trinajstić information content (AvgIpc) is 2.79. The Morgan fingerprint density at radius 1 is 0.969 bits per heavy atom. The Bertz CT molecular complexity index is 1190. The number of piperazine rings is 1. The lowest BCUT2D eigenvalue weighted by Crippen LogP contribution is -2.48. The fourth-order valence-electron chi connectivity index (χ4n) is 4.39. The third kappa shape index (κ3) is 4.46. The standard InChI is InChI=1S/C26H32N4O2/c1-5-10-28-11-13-29(14-12-28)26(32)22-8-6-21(7-9-22)17-30-24-16-19(3)18(2)15-23(24)27-20(4)25(30)31/h6-9,15-16H,5,10-14,17H2,1-4H3. The number of aryl methyl sites for hydroxylation is 3. The maximum Gasteiger partial charge on any atom is 0.272 e. The van der Waals surface area contributed by atoms with E-state index in [2.05, 4.69) is 23.7 Å². The molecule has 1 aliphatic rings. The van der Waals surface area contributed by atoms with E-state index >= 15 is 0 Å². The van der Waals surface area contributed by atoms with Gasteiger partial charge in [0.1, 0.15) is 5.69 Å². The quantitative estimate of drug-likeness (QED) is 0.619. The van der Waals surface area contributed by atoms with E-state index in [0.29, 0.717) is 17.8 Å². The van der Waals surface area contributed by atoms with E-state index in [1.165, 1.54) is 0 Å². The van der Waals surface area contributed by atoms with Gasteiger partial charge < -0.3 is 9.47 Å². The van der Waals surface area contributed by atoms with Gasteiger partial charge in [0, 0.05) is 31.7 Å². The topological polar surface area (TPSA) is 58.4 Å². The van der Waals surface area contributed by atoms with E-state index in [4.69, 9.17) is 0 Å². The van der Waals surface area contributed by atoms with Crippen LogP contribution < -0.4 is 5.56 Å². The Morgan fingerprint density at radius 2 is 1.62 bits per heavy atom. The van der Waals surface area contributed by atoms with Gasteiger partial charge in [-0.25, -0.2) is 4.98 Å². The highest BCUT2D eigenvalue weighted by molar-refractivity contribution is 5.94. The number of hydrogen-bond acceptors (Lipinski definition) is 4. The molecule has 0 bridgehead atoms. The van der Waals surface area contributed by atoms with Crippen LogP contribution in [-0.4, -0.2) is 58.0 Å². The van der Waals surface area contributed by atoms with Gasteiger partial charge in [0.25, 0.3) is 11.5 Å². The molecule has 0 atom stereocenters. The lowest BCUT2D eigenvalue weighted by Gasteiger charge is -2.34. The maximum absolute atomic E-state index is 12.9. The van der Waals surface area contributed by atoms with Crippen LogP contribution in [0.2, 0.25) is 0 Å². The summed E-state index contributed by atoms with van der Waals surface area (Å²) in [5, 5.41) is 0. The Kier molecular flexibility index (Phi) is 6.42. The number of amides is 1. The van der Waals surface area contributed by atoms with Crippen molar-refractivity contribution in [3.8, 4) is 0 Å². The fourth-order valence-corrected chi connectivity index (χ4v) is 4.39. The number of fused-ring (bicyclic) bond motifs is 1. The number of hydrogen-bond donors (Lipinski definition) is 0.